The van der Waals surface area contributed by atoms with Gasteiger partial charge in [0, 0.05) is 18.5 Å². The quantitative estimate of drug-likeness (QED) is 0.854. The van der Waals surface area contributed by atoms with Crippen molar-refractivity contribution >= 4 is 6.09 Å². The van der Waals surface area contributed by atoms with Crippen molar-refractivity contribution in [3.63, 3.8) is 0 Å². The zero-order chi connectivity index (χ0) is 16.5. The Bertz CT molecular complexity index is 701. The van der Waals surface area contributed by atoms with Crippen LogP contribution in [0.2, 0.25) is 0 Å². The Morgan fingerprint density at radius 2 is 1.87 bits per heavy atom. The lowest BCUT2D eigenvalue weighted by Gasteiger charge is -2.07. The van der Waals surface area contributed by atoms with Crippen LogP contribution in [-0.2, 0) is 11.3 Å². The van der Waals surface area contributed by atoms with Gasteiger partial charge in [0.15, 0.2) is 0 Å². The molecule has 2 rings (SSSR count). The second-order valence-corrected chi connectivity index (χ2v) is 4.93. The van der Waals surface area contributed by atoms with Crippen molar-refractivity contribution in [2.45, 2.75) is 19.1 Å². The molecule has 0 bridgehead atoms. The number of carbonyl (C=O) groups is 1. The summed E-state index contributed by atoms with van der Waals surface area (Å²) in [4.78, 5) is 11.2. The van der Waals surface area contributed by atoms with Crippen molar-refractivity contribution in [3.05, 3.63) is 71.3 Å². The van der Waals surface area contributed by atoms with E-state index >= 15 is 0 Å². The summed E-state index contributed by atoms with van der Waals surface area (Å²) in [5.74, 6) is 6.05. The minimum atomic E-state index is -0.607. The zero-order valence-corrected chi connectivity index (χ0v) is 13.0. The first-order valence-corrected chi connectivity index (χ1v) is 7.32. The molecule has 1 unspecified atom stereocenters. The summed E-state index contributed by atoms with van der Waals surface area (Å²) < 4.78 is 4.55. The van der Waals surface area contributed by atoms with Gasteiger partial charge in [-0.3, -0.25) is 0 Å². The number of ether oxygens (including phenoxy) is 1. The topological polar surface area (TPSA) is 58.6 Å². The molecule has 23 heavy (non-hydrogen) atoms. The lowest BCUT2D eigenvalue weighted by molar-refractivity contribution is 0.170. The molecule has 1 atom stereocenters. The fraction of sp³-hybridized carbons (Fsp3) is 0.211. The lowest BCUT2D eigenvalue weighted by atomic mass is 10.1. The summed E-state index contributed by atoms with van der Waals surface area (Å²) in [6.07, 6.45) is -0.737. The number of methoxy groups -OCH3 is 1. The molecule has 0 heterocycles. The molecule has 0 spiro atoms. The van der Waals surface area contributed by atoms with Gasteiger partial charge in [-0.1, -0.05) is 60.4 Å². The number of aliphatic hydroxyl groups excluding tert-OH is 1. The molecule has 0 aliphatic heterocycles. The van der Waals surface area contributed by atoms with Crippen LogP contribution in [0, 0.1) is 11.8 Å². The molecule has 0 aliphatic rings. The first-order chi connectivity index (χ1) is 11.2. The number of hydrogen-bond donors (Lipinski definition) is 2. The summed E-state index contributed by atoms with van der Waals surface area (Å²) in [7, 11) is 1.33. The van der Waals surface area contributed by atoms with E-state index in [4.69, 9.17) is 0 Å². The van der Waals surface area contributed by atoms with E-state index in [-0.39, 0.29) is 0 Å². The van der Waals surface area contributed by atoms with Crippen LogP contribution in [0.3, 0.4) is 0 Å². The van der Waals surface area contributed by atoms with Gasteiger partial charge in [0.2, 0.25) is 0 Å². The summed E-state index contributed by atoms with van der Waals surface area (Å²) >= 11 is 0. The average Bonchev–Trinajstić information content (AvgIpc) is 2.61. The standard InChI is InChI=1S/C19H19NO3/c1-23-19(22)20-14-17-11-6-5-8-15(17)12-7-13-18(21)16-9-3-2-4-10-16/h2-6,8-11,18,21H,13-14H2,1H3,(H,20,22). The maximum absolute atomic E-state index is 11.2. The van der Waals surface area contributed by atoms with Crippen LogP contribution >= 0.6 is 0 Å². The van der Waals surface area contributed by atoms with Gasteiger partial charge in [-0.2, -0.15) is 0 Å². The van der Waals surface area contributed by atoms with Crippen LogP contribution in [0.1, 0.15) is 29.2 Å². The smallest absolute Gasteiger partial charge is 0.407 e. The minimum Gasteiger partial charge on any atom is -0.453 e. The van der Waals surface area contributed by atoms with E-state index < -0.39 is 12.2 Å². The predicted molar refractivity (Wildman–Crippen MR) is 88.6 cm³/mol. The number of aliphatic hydroxyl groups is 1. The highest BCUT2D eigenvalue weighted by Gasteiger charge is 2.05. The maximum Gasteiger partial charge on any atom is 0.407 e. The molecular weight excluding hydrogens is 290 g/mol. The highest BCUT2D eigenvalue weighted by Crippen LogP contribution is 2.15. The zero-order valence-electron chi connectivity index (χ0n) is 13.0. The van der Waals surface area contributed by atoms with E-state index in [1.165, 1.54) is 7.11 Å². The first-order valence-electron chi connectivity index (χ1n) is 7.32. The molecule has 0 saturated heterocycles. The number of rotatable bonds is 4. The second kappa shape index (κ2) is 8.62. The van der Waals surface area contributed by atoms with Gasteiger partial charge in [0.05, 0.1) is 13.2 Å². The van der Waals surface area contributed by atoms with Crippen molar-refractivity contribution in [2.75, 3.05) is 7.11 Å². The van der Waals surface area contributed by atoms with Crippen molar-refractivity contribution in [3.8, 4) is 11.8 Å². The number of benzene rings is 2. The number of amides is 1. The molecule has 118 valence electrons. The summed E-state index contributed by atoms with van der Waals surface area (Å²) in [5, 5.41) is 12.7. The Labute approximate surface area is 136 Å². The molecule has 4 nitrogen and oxygen atoms in total. The summed E-state index contributed by atoms with van der Waals surface area (Å²) in [5.41, 5.74) is 2.58. The highest BCUT2D eigenvalue weighted by molar-refractivity contribution is 5.67. The summed E-state index contributed by atoms with van der Waals surface area (Å²) in [6.45, 7) is 0.346. The first kappa shape index (κ1) is 16.6. The van der Waals surface area contributed by atoms with E-state index in [2.05, 4.69) is 21.9 Å². The number of hydrogen-bond acceptors (Lipinski definition) is 3. The Balaban J connectivity index is 2.02. The molecule has 0 aliphatic carbocycles. The van der Waals surface area contributed by atoms with Crippen LogP contribution in [-0.4, -0.2) is 18.3 Å². The van der Waals surface area contributed by atoms with Crippen molar-refractivity contribution in [1.29, 1.82) is 0 Å². The van der Waals surface area contributed by atoms with E-state index in [1.807, 2.05) is 54.6 Å². The third-order valence-electron chi connectivity index (χ3n) is 3.33. The van der Waals surface area contributed by atoms with Crippen molar-refractivity contribution < 1.29 is 14.6 Å². The van der Waals surface area contributed by atoms with Gasteiger partial charge in [-0.05, 0) is 17.2 Å². The molecular formula is C19H19NO3. The van der Waals surface area contributed by atoms with Gasteiger partial charge in [0.25, 0.3) is 0 Å². The lowest BCUT2D eigenvalue weighted by Crippen LogP contribution is -2.22. The molecule has 0 radical (unpaired) electrons. The highest BCUT2D eigenvalue weighted by atomic mass is 16.5. The van der Waals surface area contributed by atoms with E-state index in [0.29, 0.717) is 13.0 Å². The van der Waals surface area contributed by atoms with E-state index in [1.54, 1.807) is 0 Å². The van der Waals surface area contributed by atoms with Gasteiger partial charge < -0.3 is 15.2 Å². The van der Waals surface area contributed by atoms with Crippen LogP contribution in [0.5, 0.6) is 0 Å². The van der Waals surface area contributed by atoms with Crippen LogP contribution in [0.4, 0.5) is 4.79 Å². The molecule has 0 fully saturated rings. The average molecular weight is 309 g/mol. The molecule has 4 heteroatoms. The number of alkyl carbamates (subject to hydrolysis) is 1. The fourth-order valence-corrected chi connectivity index (χ4v) is 2.07. The van der Waals surface area contributed by atoms with Crippen LogP contribution < -0.4 is 5.32 Å². The van der Waals surface area contributed by atoms with Crippen molar-refractivity contribution in [2.24, 2.45) is 0 Å². The largest absolute Gasteiger partial charge is 0.453 e. The molecule has 2 N–H and O–H groups in total. The third kappa shape index (κ3) is 5.17. The van der Waals surface area contributed by atoms with Gasteiger partial charge in [-0.25, -0.2) is 4.79 Å². The Morgan fingerprint density at radius 1 is 1.17 bits per heavy atom. The number of nitrogens with one attached hydrogen (secondary N) is 1. The molecule has 1 amide bonds. The Hall–Kier alpha value is -2.77. The molecule has 0 aromatic heterocycles. The van der Waals surface area contributed by atoms with Gasteiger partial charge in [-0.15, -0.1) is 0 Å². The number of carbonyl (C=O) groups excluding carboxylic acids is 1. The van der Waals surface area contributed by atoms with E-state index in [0.717, 1.165) is 16.7 Å². The SMILES string of the molecule is COC(=O)NCc1ccccc1C#CCC(O)c1ccccc1. The maximum atomic E-state index is 11.2. The van der Waals surface area contributed by atoms with Gasteiger partial charge in [0.1, 0.15) is 0 Å². The van der Waals surface area contributed by atoms with E-state index in [9.17, 15) is 9.90 Å². The third-order valence-corrected chi connectivity index (χ3v) is 3.33. The van der Waals surface area contributed by atoms with Crippen LogP contribution in [0.25, 0.3) is 0 Å². The second-order valence-electron chi connectivity index (χ2n) is 4.93. The molecule has 2 aromatic carbocycles. The predicted octanol–water partition coefficient (Wildman–Crippen LogP) is 3.02. The summed E-state index contributed by atoms with van der Waals surface area (Å²) in [6, 6.07) is 17.0. The van der Waals surface area contributed by atoms with Crippen molar-refractivity contribution in [1.82, 2.24) is 5.32 Å². The Morgan fingerprint density at radius 3 is 2.61 bits per heavy atom. The molecule has 2 aromatic rings. The van der Waals surface area contributed by atoms with Crippen LogP contribution in [0.15, 0.2) is 54.6 Å². The minimum absolute atomic E-state index is 0.346. The van der Waals surface area contributed by atoms with Gasteiger partial charge >= 0.3 is 6.09 Å². The molecule has 0 saturated carbocycles. The monoisotopic (exact) mass is 309 g/mol. The fourth-order valence-electron chi connectivity index (χ4n) is 2.07. The Kier molecular flexibility index (Phi) is 6.22. The normalized spacial score (nSPS) is 11.0.